The Hall–Kier alpha value is -2.40. The molecule has 1 aliphatic rings. The number of rotatable bonds is 7. The second-order valence-corrected chi connectivity index (χ2v) is 7.40. The monoisotopic (exact) mass is 384 g/mol. The Bertz CT molecular complexity index is 803. The van der Waals surface area contributed by atoms with Crippen molar-refractivity contribution in [3.8, 4) is 11.1 Å². The normalized spacial score (nSPS) is 13.8. The van der Waals surface area contributed by atoms with E-state index in [1.807, 2.05) is 49.2 Å². The van der Waals surface area contributed by atoms with Gasteiger partial charge in [-0.15, -0.1) is 0 Å². The zero-order chi connectivity index (χ0) is 19.9. The molecule has 150 valence electrons. The Labute approximate surface area is 166 Å². The van der Waals surface area contributed by atoms with Gasteiger partial charge in [0.05, 0.1) is 13.2 Å². The molecule has 0 spiro atoms. The first kappa shape index (κ1) is 20.3. The molecule has 5 heteroatoms. The van der Waals surface area contributed by atoms with Crippen molar-refractivity contribution in [2.24, 2.45) is 0 Å². The van der Waals surface area contributed by atoms with Crippen molar-refractivity contribution in [3.63, 3.8) is 0 Å². The van der Waals surface area contributed by atoms with Crippen molar-refractivity contribution in [1.29, 1.82) is 0 Å². The topological polar surface area (TPSA) is 32.8 Å². The molecule has 28 heavy (non-hydrogen) atoms. The molecule has 1 aliphatic heterocycles. The zero-order valence-electron chi connectivity index (χ0n) is 16.8. The number of hydrogen-bond donors (Lipinski definition) is 0. The smallest absolute Gasteiger partial charge is 0.319 e. The number of carbonyl (C=O) groups is 1. The summed E-state index contributed by atoms with van der Waals surface area (Å²) >= 11 is 0. The molecule has 0 aliphatic carbocycles. The van der Waals surface area contributed by atoms with E-state index in [1.165, 1.54) is 6.07 Å². The van der Waals surface area contributed by atoms with E-state index in [0.717, 1.165) is 42.6 Å². The van der Waals surface area contributed by atoms with Gasteiger partial charge in [-0.2, -0.15) is 0 Å². The molecule has 0 N–H and O–H groups in total. The summed E-state index contributed by atoms with van der Waals surface area (Å²) in [5.41, 5.74) is 3.58. The summed E-state index contributed by atoms with van der Waals surface area (Å²) < 4.78 is 20.2. The fourth-order valence-corrected chi connectivity index (χ4v) is 3.63. The van der Waals surface area contributed by atoms with E-state index < -0.39 is 0 Å². The molecule has 4 nitrogen and oxygen atoms in total. The van der Waals surface area contributed by atoms with Crippen molar-refractivity contribution >= 4 is 6.03 Å². The van der Waals surface area contributed by atoms with E-state index in [1.54, 1.807) is 11.0 Å². The van der Waals surface area contributed by atoms with Crippen molar-refractivity contribution in [2.75, 3.05) is 39.9 Å². The van der Waals surface area contributed by atoms with Crippen LogP contribution in [0.1, 0.15) is 24.0 Å². The number of halogens is 1. The van der Waals surface area contributed by atoms with Gasteiger partial charge >= 0.3 is 6.03 Å². The molecule has 0 saturated carbocycles. The minimum Gasteiger partial charge on any atom is -0.379 e. The number of nitrogens with zero attached hydrogens (tertiary/aromatic N) is 2. The van der Waals surface area contributed by atoms with Gasteiger partial charge in [0.2, 0.25) is 0 Å². The van der Waals surface area contributed by atoms with Gasteiger partial charge < -0.3 is 14.5 Å². The number of likely N-dealkylation sites (tertiary alicyclic amines) is 1. The SMILES string of the molecule is Cc1cccc(-c2c(F)cccc2CCOCCN(C)C(=O)N2CCCC2)c1. The van der Waals surface area contributed by atoms with Crippen molar-refractivity contribution < 1.29 is 13.9 Å². The maximum absolute atomic E-state index is 14.5. The summed E-state index contributed by atoms with van der Waals surface area (Å²) in [6.07, 6.45) is 2.81. The van der Waals surface area contributed by atoms with E-state index >= 15 is 0 Å². The first-order valence-corrected chi connectivity index (χ1v) is 9.98. The minimum atomic E-state index is -0.209. The largest absolute Gasteiger partial charge is 0.379 e. The van der Waals surface area contributed by atoms with Crippen LogP contribution < -0.4 is 0 Å². The van der Waals surface area contributed by atoms with Gasteiger partial charge in [0.1, 0.15) is 5.82 Å². The lowest BCUT2D eigenvalue weighted by molar-refractivity contribution is 0.110. The van der Waals surface area contributed by atoms with E-state index in [2.05, 4.69) is 0 Å². The van der Waals surface area contributed by atoms with Gasteiger partial charge in [-0.05, 0) is 43.4 Å². The van der Waals surface area contributed by atoms with Crippen LogP contribution in [-0.2, 0) is 11.2 Å². The molecule has 0 unspecified atom stereocenters. The molecular weight excluding hydrogens is 355 g/mol. The van der Waals surface area contributed by atoms with Crippen LogP contribution in [0.4, 0.5) is 9.18 Å². The van der Waals surface area contributed by atoms with Gasteiger partial charge in [0, 0.05) is 32.2 Å². The summed E-state index contributed by atoms with van der Waals surface area (Å²) in [5, 5.41) is 0. The highest BCUT2D eigenvalue weighted by Crippen LogP contribution is 2.28. The van der Waals surface area contributed by atoms with E-state index in [-0.39, 0.29) is 11.8 Å². The summed E-state index contributed by atoms with van der Waals surface area (Å²) in [6.45, 7) is 5.24. The molecule has 1 heterocycles. The van der Waals surface area contributed by atoms with Gasteiger partial charge in [-0.25, -0.2) is 9.18 Å². The number of aryl methyl sites for hydroxylation is 1. The Morgan fingerprint density at radius 2 is 1.89 bits per heavy atom. The maximum atomic E-state index is 14.5. The van der Waals surface area contributed by atoms with Gasteiger partial charge in [-0.3, -0.25) is 0 Å². The van der Waals surface area contributed by atoms with E-state index in [9.17, 15) is 9.18 Å². The molecule has 0 aromatic heterocycles. The molecule has 2 amide bonds. The van der Waals surface area contributed by atoms with Crippen LogP contribution in [0.25, 0.3) is 11.1 Å². The quantitative estimate of drug-likeness (QED) is 0.658. The first-order valence-electron chi connectivity index (χ1n) is 9.98. The first-order chi connectivity index (χ1) is 13.6. The predicted molar refractivity (Wildman–Crippen MR) is 110 cm³/mol. The molecule has 2 aromatic rings. The molecule has 0 radical (unpaired) electrons. The minimum absolute atomic E-state index is 0.0768. The third-order valence-corrected chi connectivity index (χ3v) is 5.20. The highest BCUT2D eigenvalue weighted by atomic mass is 19.1. The summed E-state index contributed by atoms with van der Waals surface area (Å²) in [7, 11) is 1.81. The molecule has 1 fully saturated rings. The van der Waals surface area contributed by atoms with Crippen LogP contribution in [0.3, 0.4) is 0 Å². The molecule has 2 aromatic carbocycles. The third-order valence-electron chi connectivity index (χ3n) is 5.20. The number of urea groups is 1. The van der Waals surface area contributed by atoms with E-state index in [4.69, 9.17) is 4.74 Å². The molecule has 0 atom stereocenters. The maximum Gasteiger partial charge on any atom is 0.319 e. The van der Waals surface area contributed by atoms with Crippen LogP contribution in [0, 0.1) is 12.7 Å². The van der Waals surface area contributed by atoms with Crippen LogP contribution in [0.2, 0.25) is 0 Å². The second-order valence-electron chi connectivity index (χ2n) is 7.40. The highest BCUT2D eigenvalue weighted by molar-refractivity contribution is 5.74. The number of amides is 2. The van der Waals surface area contributed by atoms with Crippen LogP contribution in [-0.4, -0.2) is 55.7 Å². The average molecular weight is 384 g/mol. The Morgan fingerprint density at radius 1 is 1.14 bits per heavy atom. The number of ether oxygens (including phenoxy) is 1. The van der Waals surface area contributed by atoms with Gasteiger partial charge in [0.15, 0.2) is 0 Å². The molecular formula is C23H29FN2O2. The Morgan fingerprint density at radius 3 is 2.64 bits per heavy atom. The summed E-state index contributed by atoms with van der Waals surface area (Å²) in [4.78, 5) is 15.9. The third kappa shape index (κ3) is 5.10. The Kier molecular flexibility index (Phi) is 7.04. The fraction of sp³-hybridized carbons (Fsp3) is 0.435. The lowest BCUT2D eigenvalue weighted by atomic mass is 9.96. The summed E-state index contributed by atoms with van der Waals surface area (Å²) in [5.74, 6) is -0.209. The lowest BCUT2D eigenvalue weighted by Crippen LogP contribution is -2.40. The van der Waals surface area contributed by atoms with Crippen molar-refractivity contribution in [1.82, 2.24) is 9.80 Å². The van der Waals surface area contributed by atoms with Gasteiger partial charge in [0.25, 0.3) is 0 Å². The van der Waals surface area contributed by atoms with Crippen molar-refractivity contribution in [3.05, 3.63) is 59.4 Å². The van der Waals surface area contributed by atoms with Crippen LogP contribution in [0.5, 0.6) is 0 Å². The molecule has 3 rings (SSSR count). The summed E-state index contributed by atoms with van der Waals surface area (Å²) in [6, 6.07) is 13.2. The average Bonchev–Trinajstić information content (AvgIpc) is 3.21. The van der Waals surface area contributed by atoms with Crippen LogP contribution >= 0.6 is 0 Å². The highest BCUT2D eigenvalue weighted by Gasteiger charge is 2.20. The van der Waals surface area contributed by atoms with Crippen LogP contribution in [0.15, 0.2) is 42.5 Å². The molecule has 0 bridgehead atoms. The number of hydrogen-bond acceptors (Lipinski definition) is 2. The molecule has 1 saturated heterocycles. The predicted octanol–water partition coefficient (Wildman–Crippen LogP) is 4.51. The number of benzene rings is 2. The lowest BCUT2D eigenvalue weighted by Gasteiger charge is -2.24. The zero-order valence-corrected chi connectivity index (χ0v) is 16.8. The van der Waals surface area contributed by atoms with E-state index in [0.29, 0.717) is 31.7 Å². The van der Waals surface area contributed by atoms with Crippen molar-refractivity contribution in [2.45, 2.75) is 26.2 Å². The number of likely N-dealkylation sites (N-methyl/N-ethyl adjacent to an activating group) is 1. The fourth-order valence-electron chi connectivity index (χ4n) is 3.63. The number of carbonyl (C=O) groups excluding carboxylic acids is 1. The Balaban J connectivity index is 1.51. The second kappa shape index (κ2) is 9.69. The standard InChI is InChI=1S/C23H29FN2O2/c1-18-7-5-9-20(17-18)22-19(8-6-10-21(22)24)11-15-28-16-14-25(2)23(27)26-12-3-4-13-26/h5-10,17H,3-4,11-16H2,1-2H3. The van der Waals surface area contributed by atoms with Gasteiger partial charge in [-0.1, -0.05) is 42.0 Å².